The predicted molar refractivity (Wildman–Crippen MR) is 149 cm³/mol. The number of amides is 1. The highest BCUT2D eigenvalue weighted by atomic mass is 31.3. The fourth-order valence-corrected chi connectivity index (χ4v) is 7.24. The van der Waals surface area contributed by atoms with Crippen molar-refractivity contribution in [3.63, 3.8) is 0 Å². The van der Waals surface area contributed by atoms with E-state index in [0.717, 1.165) is 19.2 Å². The molecule has 11 N–H and O–H groups in total. The molecule has 12 unspecified atom stereocenters. The van der Waals surface area contributed by atoms with Gasteiger partial charge in [0.15, 0.2) is 19.2 Å². The lowest BCUT2D eigenvalue weighted by Gasteiger charge is -2.46. The second-order valence-corrected chi connectivity index (χ2v) is 14.4. The molecule has 50 heavy (non-hydrogen) atoms. The van der Waals surface area contributed by atoms with Crippen LogP contribution in [0.4, 0.5) is 4.39 Å². The largest absolute Gasteiger partial charge is 0.483 e. The fourth-order valence-electron chi connectivity index (χ4n) is 4.52. The van der Waals surface area contributed by atoms with Crippen LogP contribution in [0.3, 0.4) is 0 Å². The Morgan fingerprint density at radius 2 is 1.68 bits per heavy atom. The van der Waals surface area contributed by atoms with Crippen LogP contribution in [0.5, 0.6) is 0 Å². The average molecular weight is 793 g/mol. The number of aromatic nitrogens is 2. The summed E-state index contributed by atoms with van der Waals surface area (Å²) < 4.78 is 84.0. The van der Waals surface area contributed by atoms with Crippen LogP contribution in [0.2, 0.25) is 0 Å². The SMILES string of the molecule is CC(=O)NC1C(OP(=O)(O)OP(=O)(O)OCC2OC(n3ccc(=O)[nH]c3=O)C(O)C2O)OC(CO)C(O)C1OC(CF)(OP(=O)(O)O)C(=O)O. The van der Waals surface area contributed by atoms with Gasteiger partial charge < -0.3 is 64.6 Å². The van der Waals surface area contributed by atoms with Crippen LogP contribution in [0.1, 0.15) is 13.2 Å². The normalized spacial score (nSPS) is 32.4. The Balaban J connectivity index is 1.81. The topological polar surface area (TPSA) is 399 Å². The number of aromatic amines is 1. The Morgan fingerprint density at radius 1 is 1.04 bits per heavy atom. The Bertz CT molecular complexity index is 1650. The van der Waals surface area contributed by atoms with Crippen LogP contribution in [-0.4, -0.2) is 141 Å². The van der Waals surface area contributed by atoms with E-state index in [4.69, 9.17) is 24.0 Å². The number of aliphatic carboxylic acids is 1. The molecule has 26 nitrogen and oxygen atoms in total. The number of carboxylic acid groups (broad SMARTS) is 1. The van der Waals surface area contributed by atoms with Gasteiger partial charge in [-0.2, -0.15) is 4.31 Å². The van der Waals surface area contributed by atoms with E-state index >= 15 is 0 Å². The molecule has 0 radical (unpaired) electrons. The molecule has 2 saturated heterocycles. The number of nitrogens with one attached hydrogen (secondary N) is 2. The number of carbonyl (C=O) groups excluding carboxylic acids is 1. The molecule has 2 fully saturated rings. The molecular weight excluding hydrogens is 762 g/mol. The molecule has 0 bridgehead atoms. The van der Waals surface area contributed by atoms with Crippen molar-refractivity contribution in [2.75, 3.05) is 19.9 Å². The van der Waals surface area contributed by atoms with Gasteiger partial charge in [-0.1, -0.05) is 0 Å². The zero-order chi connectivity index (χ0) is 38.0. The molecule has 3 rings (SSSR count). The summed E-state index contributed by atoms with van der Waals surface area (Å²) in [6, 6.07) is -1.41. The number of hydrogen-bond donors (Lipinski definition) is 11. The van der Waals surface area contributed by atoms with Crippen LogP contribution >= 0.6 is 23.5 Å². The molecule has 0 saturated carbocycles. The van der Waals surface area contributed by atoms with Crippen LogP contribution in [-0.2, 0) is 55.4 Å². The summed E-state index contributed by atoms with van der Waals surface area (Å²) in [5, 5.41) is 52.2. The quantitative estimate of drug-likeness (QED) is 0.0553. The highest BCUT2D eigenvalue weighted by molar-refractivity contribution is 7.61. The van der Waals surface area contributed by atoms with Crippen molar-refractivity contribution < 1.29 is 105 Å². The smallest absolute Gasteiger partial charge is 0.477 e. The number of alkyl halides is 1. The van der Waals surface area contributed by atoms with Gasteiger partial charge in [-0.25, -0.2) is 32.2 Å². The minimum Gasteiger partial charge on any atom is -0.477 e. The van der Waals surface area contributed by atoms with E-state index < -0.39 is 127 Å². The summed E-state index contributed by atoms with van der Waals surface area (Å²) in [5.41, 5.74) is -1.90. The molecule has 1 aromatic heterocycles. The van der Waals surface area contributed by atoms with Crippen molar-refractivity contribution in [3.8, 4) is 0 Å². The molecule has 286 valence electrons. The van der Waals surface area contributed by atoms with Gasteiger partial charge in [0.2, 0.25) is 5.91 Å². The van der Waals surface area contributed by atoms with Crippen LogP contribution < -0.4 is 16.6 Å². The third-order valence-corrected chi connectivity index (χ3v) is 9.76. The van der Waals surface area contributed by atoms with Crippen molar-refractivity contribution in [1.29, 1.82) is 0 Å². The van der Waals surface area contributed by atoms with Crippen LogP contribution in [0, 0.1) is 0 Å². The Labute approximate surface area is 276 Å². The standard InChI is InChI=1S/C20H31FN3O23P3/c1-7(26)22-11-15(44-20(6-21,18(31)32)46-48(34,35)36)13(29)8(4-25)43-17(11)45-50(39,40)47-49(37,38)41-5-9-12(28)14(30)16(42-9)24-3-2-10(27)23-19(24)33/h2-3,8-9,11-17,25,28-30H,4-6H2,1H3,(H,22,26)(H,31,32)(H,37,38)(H,39,40)(H,23,27,33)(H2,34,35,36). The molecule has 1 aromatic rings. The molecule has 12 atom stereocenters. The molecule has 2 aliphatic heterocycles. The molecule has 0 aromatic carbocycles. The van der Waals surface area contributed by atoms with Crippen LogP contribution in [0.25, 0.3) is 0 Å². The number of rotatable bonds is 16. The summed E-state index contributed by atoms with van der Waals surface area (Å²) in [5.74, 6) is -7.59. The molecule has 3 heterocycles. The minimum absolute atomic E-state index is 0.649. The number of phosphoric acid groups is 3. The molecular formula is C20H31FN3O23P3. The van der Waals surface area contributed by atoms with E-state index in [2.05, 4.69) is 17.9 Å². The fraction of sp³-hybridized carbons (Fsp3) is 0.700. The highest BCUT2D eigenvalue weighted by Crippen LogP contribution is 2.61. The monoisotopic (exact) mass is 793 g/mol. The molecule has 30 heteroatoms. The van der Waals surface area contributed by atoms with E-state index in [1.165, 1.54) is 0 Å². The molecule has 1 amide bonds. The second-order valence-electron chi connectivity index (χ2n) is 10.3. The predicted octanol–water partition coefficient (Wildman–Crippen LogP) is -4.77. The van der Waals surface area contributed by atoms with Gasteiger partial charge >= 0.3 is 40.9 Å². The number of halogens is 1. The number of carboxylic acids is 1. The van der Waals surface area contributed by atoms with E-state index in [0.29, 0.717) is 4.57 Å². The van der Waals surface area contributed by atoms with Crippen LogP contribution in [0.15, 0.2) is 21.9 Å². The Kier molecular flexibility index (Phi) is 13.6. The number of H-pyrrole nitrogens is 1. The van der Waals surface area contributed by atoms with E-state index in [1.807, 2.05) is 10.3 Å². The van der Waals surface area contributed by atoms with Gasteiger partial charge in [0.25, 0.3) is 5.56 Å². The number of phosphoric ester groups is 3. The highest BCUT2D eigenvalue weighted by Gasteiger charge is 2.57. The van der Waals surface area contributed by atoms with Gasteiger partial charge in [0.1, 0.15) is 42.7 Å². The lowest BCUT2D eigenvalue weighted by molar-refractivity contribution is -0.303. The van der Waals surface area contributed by atoms with Crippen molar-refractivity contribution >= 4 is 35.3 Å². The molecule has 0 spiro atoms. The minimum atomic E-state index is -6.03. The lowest BCUT2D eigenvalue weighted by atomic mass is 9.96. The van der Waals surface area contributed by atoms with Gasteiger partial charge in [-0.05, 0) is 0 Å². The average Bonchev–Trinajstić information content (AvgIpc) is 3.25. The summed E-state index contributed by atoms with van der Waals surface area (Å²) in [7, 11) is -17.7. The summed E-state index contributed by atoms with van der Waals surface area (Å²) in [4.78, 5) is 87.6. The summed E-state index contributed by atoms with van der Waals surface area (Å²) >= 11 is 0. The van der Waals surface area contributed by atoms with E-state index in [-0.39, 0.29) is 0 Å². The first-order valence-corrected chi connectivity index (χ1v) is 17.9. The van der Waals surface area contributed by atoms with Crippen molar-refractivity contribution in [3.05, 3.63) is 33.1 Å². The van der Waals surface area contributed by atoms with Crippen molar-refractivity contribution in [2.45, 2.75) is 67.9 Å². The third-order valence-electron chi connectivity index (χ3n) is 6.63. The summed E-state index contributed by atoms with van der Waals surface area (Å²) in [6.45, 7) is -4.05. The first-order valence-electron chi connectivity index (χ1n) is 13.4. The maximum Gasteiger partial charge on any atom is 0.483 e. The van der Waals surface area contributed by atoms with E-state index in [9.17, 15) is 72.6 Å². The lowest BCUT2D eigenvalue weighted by Crippen LogP contribution is -2.67. The zero-order valence-electron chi connectivity index (χ0n) is 24.9. The number of aliphatic hydroxyl groups excluding tert-OH is 4. The maximum atomic E-state index is 14.0. The van der Waals surface area contributed by atoms with Crippen molar-refractivity contribution in [2.24, 2.45) is 0 Å². The second kappa shape index (κ2) is 16.1. The number of carbonyl (C=O) groups is 2. The van der Waals surface area contributed by atoms with Crippen molar-refractivity contribution in [1.82, 2.24) is 14.9 Å². The van der Waals surface area contributed by atoms with Gasteiger partial charge in [-0.15, -0.1) is 0 Å². The number of aliphatic hydroxyl groups is 4. The first-order chi connectivity index (χ1) is 22.9. The number of nitrogens with zero attached hydrogens (tertiary/aromatic N) is 1. The number of hydrogen-bond acceptors (Lipinski definition) is 18. The summed E-state index contributed by atoms with van der Waals surface area (Å²) in [6.07, 6.45) is -15.8. The molecule has 2 aliphatic rings. The van der Waals surface area contributed by atoms with E-state index in [1.54, 1.807) is 0 Å². The Morgan fingerprint density at radius 3 is 2.20 bits per heavy atom. The first kappa shape index (κ1) is 42.1. The van der Waals surface area contributed by atoms with Gasteiger partial charge in [0, 0.05) is 19.2 Å². The zero-order valence-corrected chi connectivity index (χ0v) is 27.6. The number of ether oxygens (including phenoxy) is 3. The van der Waals surface area contributed by atoms with Gasteiger partial charge in [0.05, 0.1) is 13.2 Å². The third kappa shape index (κ3) is 10.4. The molecule has 0 aliphatic carbocycles. The maximum absolute atomic E-state index is 14.0. The van der Waals surface area contributed by atoms with Gasteiger partial charge in [-0.3, -0.25) is 28.2 Å². The Hall–Kier alpha value is -2.36.